The van der Waals surface area contributed by atoms with E-state index < -0.39 is 15.9 Å². The second kappa shape index (κ2) is 4.82. The van der Waals surface area contributed by atoms with Crippen LogP contribution in [0.25, 0.3) is 0 Å². The minimum absolute atomic E-state index is 0.0698. The lowest BCUT2D eigenvalue weighted by Crippen LogP contribution is -2.44. The molecule has 1 aliphatic rings. The van der Waals surface area contributed by atoms with Crippen LogP contribution in [-0.2, 0) is 19.4 Å². The van der Waals surface area contributed by atoms with Crippen LogP contribution in [0.2, 0.25) is 0 Å². The molecule has 0 aromatic rings. The van der Waals surface area contributed by atoms with Crippen LogP contribution in [0.1, 0.15) is 13.3 Å². The Morgan fingerprint density at radius 1 is 1.44 bits per heavy atom. The molecule has 0 spiro atoms. The van der Waals surface area contributed by atoms with Gasteiger partial charge in [-0.25, -0.2) is 8.42 Å². The zero-order valence-electron chi connectivity index (χ0n) is 9.39. The molecule has 7 heteroatoms. The maximum Gasteiger partial charge on any atom is 0.244 e. The molecule has 1 atom stereocenters. The number of nitrogens with one attached hydrogen (secondary N) is 1. The van der Waals surface area contributed by atoms with Gasteiger partial charge < -0.3 is 10.2 Å². The first-order valence-electron chi connectivity index (χ1n) is 5.05. The Morgan fingerprint density at radius 2 is 2.06 bits per heavy atom. The summed E-state index contributed by atoms with van der Waals surface area (Å²) in [6.45, 7) is 2.03. The largest absolute Gasteiger partial charge is 0.345 e. The number of hydrogen-bond donors (Lipinski definition) is 1. The molecule has 1 heterocycles. The van der Waals surface area contributed by atoms with Crippen molar-refractivity contribution in [1.82, 2.24) is 10.2 Å². The van der Waals surface area contributed by atoms with Gasteiger partial charge in [0.15, 0.2) is 0 Å². The molecule has 6 nitrogen and oxygen atoms in total. The van der Waals surface area contributed by atoms with Crippen molar-refractivity contribution in [3.05, 3.63) is 0 Å². The Kier molecular flexibility index (Phi) is 3.90. The molecule has 1 aliphatic heterocycles. The second-order valence-corrected chi connectivity index (χ2v) is 6.25. The summed E-state index contributed by atoms with van der Waals surface area (Å²) < 4.78 is 22.0. The Bertz CT molecular complexity index is 390. The van der Waals surface area contributed by atoms with Crippen molar-refractivity contribution >= 4 is 21.7 Å². The lowest BCUT2D eigenvalue weighted by Gasteiger charge is -2.21. The molecule has 92 valence electrons. The average Bonchev–Trinajstić information content (AvgIpc) is 2.25. The molecule has 1 fully saturated rings. The minimum Gasteiger partial charge on any atom is -0.345 e. The van der Waals surface area contributed by atoms with Crippen molar-refractivity contribution in [3.8, 4) is 0 Å². The van der Waals surface area contributed by atoms with E-state index in [0.29, 0.717) is 0 Å². The molecule has 1 rings (SSSR count). The SMILES string of the molecule is CC1NC(=O)CCN(CCS(C)(=O)=O)C1=O. The van der Waals surface area contributed by atoms with E-state index in [0.717, 1.165) is 6.26 Å². The van der Waals surface area contributed by atoms with E-state index in [-0.39, 0.29) is 37.1 Å². The molecule has 0 saturated carbocycles. The predicted molar refractivity (Wildman–Crippen MR) is 58.5 cm³/mol. The summed E-state index contributed by atoms with van der Waals surface area (Å²) in [5, 5.41) is 2.54. The number of sulfone groups is 1. The van der Waals surface area contributed by atoms with Gasteiger partial charge in [0.2, 0.25) is 11.8 Å². The third-order valence-electron chi connectivity index (χ3n) is 2.40. The van der Waals surface area contributed by atoms with Gasteiger partial charge in [0, 0.05) is 25.8 Å². The van der Waals surface area contributed by atoms with Crippen molar-refractivity contribution in [2.75, 3.05) is 25.1 Å². The number of nitrogens with zero attached hydrogens (tertiary/aromatic N) is 1. The summed E-state index contributed by atoms with van der Waals surface area (Å²) in [5.41, 5.74) is 0. The Morgan fingerprint density at radius 3 is 2.62 bits per heavy atom. The van der Waals surface area contributed by atoms with Crippen molar-refractivity contribution in [1.29, 1.82) is 0 Å². The van der Waals surface area contributed by atoms with Crippen LogP contribution in [0.5, 0.6) is 0 Å². The van der Waals surface area contributed by atoms with Crippen LogP contribution < -0.4 is 5.32 Å². The third-order valence-corrected chi connectivity index (χ3v) is 3.32. The van der Waals surface area contributed by atoms with Crippen molar-refractivity contribution in [2.24, 2.45) is 0 Å². The van der Waals surface area contributed by atoms with Gasteiger partial charge in [0.25, 0.3) is 0 Å². The van der Waals surface area contributed by atoms with Crippen LogP contribution in [0.15, 0.2) is 0 Å². The fourth-order valence-electron chi connectivity index (χ4n) is 1.49. The zero-order valence-corrected chi connectivity index (χ0v) is 10.2. The van der Waals surface area contributed by atoms with E-state index in [1.54, 1.807) is 6.92 Å². The molecule has 2 amide bonds. The molecule has 0 aromatic carbocycles. The normalized spacial score (nSPS) is 22.9. The highest BCUT2D eigenvalue weighted by Gasteiger charge is 2.26. The van der Waals surface area contributed by atoms with E-state index >= 15 is 0 Å². The van der Waals surface area contributed by atoms with Gasteiger partial charge in [-0.1, -0.05) is 0 Å². The Labute approximate surface area is 94.9 Å². The molecule has 0 bridgehead atoms. The molecule has 16 heavy (non-hydrogen) atoms. The van der Waals surface area contributed by atoms with Crippen molar-refractivity contribution in [2.45, 2.75) is 19.4 Å². The van der Waals surface area contributed by atoms with Gasteiger partial charge in [-0.05, 0) is 6.92 Å². The van der Waals surface area contributed by atoms with Gasteiger partial charge in [-0.3, -0.25) is 9.59 Å². The maximum absolute atomic E-state index is 11.7. The molecule has 0 aromatic heterocycles. The summed E-state index contributed by atoms with van der Waals surface area (Å²) in [6.07, 6.45) is 1.35. The predicted octanol–water partition coefficient (Wildman–Crippen LogP) is -1.23. The summed E-state index contributed by atoms with van der Waals surface area (Å²) in [5.74, 6) is -0.475. The zero-order chi connectivity index (χ0) is 12.3. The molecular formula is C9H16N2O4S. The summed E-state index contributed by atoms with van der Waals surface area (Å²) in [4.78, 5) is 24.3. The quantitative estimate of drug-likeness (QED) is 0.677. The van der Waals surface area contributed by atoms with Gasteiger partial charge in [-0.2, -0.15) is 0 Å². The molecule has 0 radical (unpaired) electrons. The van der Waals surface area contributed by atoms with Crippen molar-refractivity contribution < 1.29 is 18.0 Å². The number of hydrogen-bond acceptors (Lipinski definition) is 4. The Hall–Kier alpha value is -1.11. The molecular weight excluding hydrogens is 232 g/mol. The monoisotopic (exact) mass is 248 g/mol. The second-order valence-electron chi connectivity index (χ2n) is 3.99. The highest BCUT2D eigenvalue weighted by Crippen LogP contribution is 2.03. The highest BCUT2D eigenvalue weighted by atomic mass is 32.2. The van der Waals surface area contributed by atoms with E-state index in [1.165, 1.54) is 4.90 Å². The fourth-order valence-corrected chi connectivity index (χ4v) is 2.05. The molecule has 1 N–H and O–H groups in total. The van der Waals surface area contributed by atoms with Crippen LogP contribution in [0.3, 0.4) is 0 Å². The fraction of sp³-hybridized carbons (Fsp3) is 0.778. The van der Waals surface area contributed by atoms with Crippen LogP contribution in [-0.4, -0.2) is 56.3 Å². The van der Waals surface area contributed by atoms with Crippen LogP contribution >= 0.6 is 0 Å². The van der Waals surface area contributed by atoms with Crippen molar-refractivity contribution in [3.63, 3.8) is 0 Å². The first-order valence-corrected chi connectivity index (χ1v) is 7.11. The van der Waals surface area contributed by atoms with Crippen LogP contribution in [0.4, 0.5) is 0 Å². The van der Waals surface area contributed by atoms with Gasteiger partial charge in [-0.15, -0.1) is 0 Å². The summed E-state index contributed by atoms with van der Waals surface area (Å²) in [7, 11) is -3.09. The minimum atomic E-state index is -3.09. The van der Waals surface area contributed by atoms with E-state index in [4.69, 9.17) is 0 Å². The first-order chi connectivity index (χ1) is 7.29. The number of carbonyl (C=O) groups is 2. The smallest absolute Gasteiger partial charge is 0.244 e. The molecule has 0 aliphatic carbocycles. The topological polar surface area (TPSA) is 83.6 Å². The van der Waals surface area contributed by atoms with Crippen LogP contribution in [0, 0.1) is 0 Å². The standard InChI is InChI=1S/C9H16N2O4S/c1-7-9(13)11(4-3-8(12)10-7)5-6-16(2,14)15/h7H,3-6H2,1-2H3,(H,10,12). The van der Waals surface area contributed by atoms with E-state index in [2.05, 4.69) is 5.32 Å². The Balaban J connectivity index is 2.64. The third kappa shape index (κ3) is 3.80. The average molecular weight is 248 g/mol. The lowest BCUT2D eigenvalue weighted by atomic mass is 10.3. The number of carbonyl (C=O) groups excluding carboxylic acids is 2. The number of amides is 2. The lowest BCUT2D eigenvalue weighted by molar-refractivity contribution is -0.132. The van der Waals surface area contributed by atoms with E-state index in [1.807, 2.05) is 0 Å². The first kappa shape index (κ1) is 13.0. The van der Waals surface area contributed by atoms with Gasteiger partial charge in [0.1, 0.15) is 15.9 Å². The maximum atomic E-state index is 11.7. The number of rotatable bonds is 3. The molecule has 1 unspecified atom stereocenters. The summed E-state index contributed by atoms with van der Waals surface area (Å²) >= 11 is 0. The summed E-state index contributed by atoms with van der Waals surface area (Å²) in [6, 6.07) is -0.574. The molecule has 1 saturated heterocycles. The van der Waals surface area contributed by atoms with E-state index in [9.17, 15) is 18.0 Å². The highest BCUT2D eigenvalue weighted by molar-refractivity contribution is 7.90. The van der Waals surface area contributed by atoms with Gasteiger partial charge >= 0.3 is 0 Å². The van der Waals surface area contributed by atoms with Gasteiger partial charge in [0.05, 0.1) is 5.75 Å².